The molecule has 1 fully saturated rings. The van der Waals surface area contributed by atoms with E-state index < -0.39 is 0 Å². The van der Waals surface area contributed by atoms with Crippen molar-refractivity contribution in [2.75, 3.05) is 20.8 Å². The van der Waals surface area contributed by atoms with Gasteiger partial charge in [-0.1, -0.05) is 0 Å². The molecule has 0 unspecified atom stereocenters. The summed E-state index contributed by atoms with van der Waals surface area (Å²) in [4.78, 5) is 17.1. The van der Waals surface area contributed by atoms with E-state index in [0.717, 1.165) is 29.9 Å². The van der Waals surface area contributed by atoms with Crippen LogP contribution >= 0.6 is 0 Å². The lowest BCUT2D eigenvalue weighted by atomic mass is 10.1. The number of methoxy groups -OCH3 is 2. The van der Waals surface area contributed by atoms with Gasteiger partial charge in [-0.3, -0.25) is 9.69 Å². The van der Waals surface area contributed by atoms with E-state index in [1.165, 1.54) is 0 Å². The third-order valence-corrected chi connectivity index (χ3v) is 4.66. The van der Waals surface area contributed by atoms with Crippen LogP contribution in [0.2, 0.25) is 0 Å². The molecule has 1 aliphatic rings. The lowest BCUT2D eigenvalue weighted by Crippen LogP contribution is -2.47. The van der Waals surface area contributed by atoms with E-state index in [9.17, 15) is 4.79 Å². The van der Waals surface area contributed by atoms with Gasteiger partial charge >= 0.3 is 0 Å². The van der Waals surface area contributed by atoms with Crippen molar-refractivity contribution >= 4 is 5.91 Å². The van der Waals surface area contributed by atoms with Crippen molar-refractivity contribution in [3.05, 3.63) is 23.8 Å². The highest BCUT2D eigenvalue weighted by Gasteiger charge is 2.33. The Kier molecular flexibility index (Phi) is 6.71. The van der Waals surface area contributed by atoms with Gasteiger partial charge in [-0.25, -0.2) is 0 Å². The molecule has 1 aliphatic carbocycles. The fourth-order valence-electron chi connectivity index (χ4n) is 3.41. The van der Waals surface area contributed by atoms with Crippen LogP contribution in [-0.4, -0.2) is 54.6 Å². The Balaban J connectivity index is 2.15. The van der Waals surface area contributed by atoms with Gasteiger partial charge in [0.05, 0.1) is 20.8 Å². The zero-order valence-corrected chi connectivity index (χ0v) is 16.4. The quantitative estimate of drug-likeness (QED) is 0.687. The Hall–Kier alpha value is -1.75. The smallest absolute Gasteiger partial charge is 0.237 e. The second kappa shape index (κ2) is 8.56. The van der Waals surface area contributed by atoms with Crippen molar-refractivity contribution < 1.29 is 14.3 Å². The molecule has 2 rings (SSSR count). The maximum atomic E-state index is 12.9. The van der Waals surface area contributed by atoms with Gasteiger partial charge in [0.2, 0.25) is 5.91 Å². The number of amides is 1. The first-order valence-electron chi connectivity index (χ1n) is 9.13. The summed E-state index contributed by atoms with van der Waals surface area (Å²) < 4.78 is 10.8. The normalized spacial score (nSPS) is 14.3. The number of hydrogen-bond donors (Lipinski definition) is 0. The van der Waals surface area contributed by atoms with Crippen LogP contribution < -0.4 is 9.47 Å². The number of benzene rings is 1. The Morgan fingerprint density at radius 1 is 1.12 bits per heavy atom. The highest BCUT2D eigenvalue weighted by molar-refractivity contribution is 5.79. The second-order valence-corrected chi connectivity index (χ2v) is 7.30. The van der Waals surface area contributed by atoms with Crippen LogP contribution in [0.3, 0.4) is 0 Å². The monoisotopic (exact) mass is 348 g/mol. The summed E-state index contributed by atoms with van der Waals surface area (Å²) in [5.41, 5.74) is 1.06. The molecule has 0 heterocycles. The number of rotatable bonds is 9. The maximum Gasteiger partial charge on any atom is 0.237 e. The Bertz CT molecular complexity index is 574. The molecule has 25 heavy (non-hydrogen) atoms. The second-order valence-electron chi connectivity index (χ2n) is 7.30. The summed E-state index contributed by atoms with van der Waals surface area (Å²) in [6, 6.07) is 6.73. The predicted molar refractivity (Wildman–Crippen MR) is 100 cm³/mol. The summed E-state index contributed by atoms with van der Waals surface area (Å²) in [5, 5.41) is 0. The van der Waals surface area contributed by atoms with E-state index in [-0.39, 0.29) is 18.0 Å². The minimum atomic E-state index is 0.193. The summed E-state index contributed by atoms with van der Waals surface area (Å²) in [5.74, 6) is 1.84. The third kappa shape index (κ3) is 5.11. The number of hydrogen-bond acceptors (Lipinski definition) is 4. The summed E-state index contributed by atoms with van der Waals surface area (Å²) in [6.07, 6.45) is 2.31. The average Bonchev–Trinajstić information content (AvgIpc) is 3.38. The summed E-state index contributed by atoms with van der Waals surface area (Å²) in [6.45, 7) is 9.44. The molecule has 1 aromatic carbocycles. The average molecular weight is 348 g/mol. The van der Waals surface area contributed by atoms with E-state index in [1.54, 1.807) is 14.2 Å². The molecule has 0 bridgehead atoms. The van der Waals surface area contributed by atoms with Gasteiger partial charge in [-0.2, -0.15) is 0 Å². The van der Waals surface area contributed by atoms with Gasteiger partial charge in [0.25, 0.3) is 0 Å². The highest BCUT2D eigenvalue weighted by Crippen LogP contribution is 2.32. The topological polar surface area (TPSA) is 42.0 Å². The molecule has 0 aromatic heterocycles. The molecule has 1 aromatic rings. The molecule has 0 spiro atoms. The van der Waals surface area contributed by atoms with E-state index in [1.807, 2.05) is 23.1 Å². The lowest BCUT2D eigenvalue weighted by Gasteiger charge is -2.33. The number of nitrogens with zero attached hydrogens (tertiary/aromatic N) is 2. The zero-order chi connectivity index (χ0) is 18.6. The van der Waals surface area contributed by atoms with Crippen LogP contribution in [0.25, 0.3) is 0 Å². The Morgan fingerprint density at radius 2 is 1.76 bits per heavy atom. The molecule has 5 nitrogen and oxygen atoms in total. The van der Waals surface area contributed by atoms with Crippen LogP contribution in [0.5, 0.6) is 11.5 Å². The molecule has 1 amide bonds. The minimum absolute atomic E-state index is 0.193. The third-order valence-electron chi connectivity index (χ3n) is 4.66. The van der Waals surface area contributed by atoms with Gasteiger partial charge in [-0.05, 0) is 58.7 Å². The van der Waals surface area contributed by atoms with Crippen LogP contribution in [0.4, 0.5) is 0 Å². The lowest BCUT2D eigenvalue weighted by molar-refractivity contribution is -0.136. The minimum Gasteiger partial charge on any atom is -0.497 e. The first-order chi connectivity index (χ1) is 11.9. The summed E-state index contributed by atoms with van der Waals surface area (Å²) >= 11 is 0. The van der Waals surface area contributed by atoms with E-state index >= 15 is 0 Å². The largest absolute Gasteiger partial charge is 0.497 e. The van der Waals surface area contributed by atoms with Crippen molar-refractivity contribution in [1.29, 1.82) is 0 Å². The van der Waals surface area contributed by atoms with E-state index in [0.29, 0.717) is 19.1 Å². The Labute approximate surface area is 151 Å². The van der Waals surface area contributed by atoms with Crippen molar-refractivity contribution in [1.82, 2.24) is 9.80 Å². The first-order valence-corrected chi connectivity index (χ1v) is 9.13. The zero-order valence-electron chi connectivity index (χ0n) is 16.4. The molecule has 1 saturated carbocycles. The highest BCUT2D eigenvalue weighted by atomic mass is 16.5. The maximum absolute atomic E-state index is 12.9. The van der Waals surface area contributed by atoms with Crippen LogP contribution in [-0.2, 0) is 11.3 Å². The number of carbonyl (C=O) groups excluding carboxylic acids is 1. The van der Waals surface area contributed by atoms with Crippen molar-refractivity contribution in [3.63, 3.8) is 0 Å². The molecule has 0 aliphatic heterocycles. The molecule has 0 radical (unpaired) electrons. The number of carbonyl (C=O) groups is 1. The molecule has 5 heteroatoms. The fraction of sp³-hybridized carbons (Fsp3) is 0.650. The molecular weight excluding hydrogens is 316 g/mol. The van der Waals surface area contributed by atoms with Gasteiger partial charge in [0.15, 0.2) is 0 Å². The van der Waals surface area contributed by atoms with E-state index in [4.69, 9.17) is 9.47 Å². The van der Waals surface area contributed by atoms with Gasteiger partial charge < -0.3 is 14.4 Å². The first kappa shape index (κ1) is 19.6. The fourth-order valence-corrected chi connectivity index (χ4v) is 3.41. The predicted octanol–water partition coefficient (Wildman–Crippen LogP) is 3.31. The van der Waals surface area contributed by atoms with Crippen molar-refractivity contribution in [3.8, 4) is 11.5 Å². The summed E-state index contributed by atoms with van der Waals surface area (Å²) in [7, 11) is 3.34. The standard InChI is InChI=1S/C20H32N2O3/c1-14(2)22(15(3)4)20(23)13-21(17-7-8-17)12-16-11-18(24-5)9-10-19(16)25-6/h9-11,14-15,17H,7-8,12-13H2,1-6H3. The molecule has 140 valence electrons. The Morgan fingerprint density at radius 3 is 2.24 bits per heavy atom. The van der Waals surface area contributed by atoms with E-state index in [2.05, 4.69) is 32.6 Å². The number of ether oxygens (including phenoxy) is 2. The van der Waals surface area contributed by atoms with Gasteiger partial charge in [0, 0.05) is 30.2 Å². The molecular formula is C20H32N2O3. The molecule has 0 N–H and O–H groups in total. The molecule has 0 saturated heterocycles. The van der Waals surface area contributed by atoms with Crippen molar-refractivity contribution in [2.24, 2.45) is 0 Å². The SMILES string of the molecule is COc1ccc(OC)c(CN(CC(=O)N(C(C)C)C(C)C)C2CC2)c1. The van der Waals surface area contributed by atoms with Gasteiger partial charge in [-0.15, -0.1) is 0 Å². The van der Waals surface area contributed by atoms with Crippen molar-refractivity contribution in [2.45, 2.75) is 65.2 Å². The molecule has 0 atom stereocenters. The van der Waals surface area contributed by atoms with Crippen LogP contribution in [0, 0.1) is 0 Å². The van der Waals surface area contributed by atoms with Crippen LogP contribution in [0.15, 0.2) is 18.2 Å². The van der Waals surface area contributed by atoms with Crippen LogP contribution in [0.1, 0.15) is 46.1 Å². The van der Waals surface area contributed by atoms with Gasteiger partial charge in [0.1, 0.15) is 11.5 Å².